The Morgan fingerprint density at radius 2 is 2.07 bits per heavy atom. The zero-order valence-electron chi connectivity index (χ0n) is 9.09. The number of hydrogen-bond donors (Lipinski definition) is 1. The van der Waals surface area contributed by atoms with Crippen LogP contribution in [0.25, 0.3) is 0 Å². The molecule has 82 valence electrons. The minimum absolute atomic E-state index is 0.897. The lowest BCUT2D eigenvalue weighted by atomic mass is 10.1. The van der Waals surface area contributed by atoms with Crippen molar-refractivity contribution in [1.29, 1.82) is 0 Å². The van der Waals surface area contributed by atoms with Crippen molar-refractivity contribution in [3.05, 3.63) is 28.8 Å². The fraction of sp³-hybridized carbons (Fsp3) is 0.500. The van der Waals surface area contributed by atoms with Crippen LogP contribution in [0.3, 0.4) is 0 Å². The zero-order chi connectivity index (χ0) is 10.7. The van der Waals surface area contributed by atoms with Gasteiger partial charge >= 0.3 is 0 Å². The molecule has 1 aromatic carbocycles. The molecular formula is C12H17ClN2. The number of anilines is 1. The van der Waals surface area contributed by atoms with Crippen molar-refractivity contribution in [2.24, 2.45) is 0 Å². The molecule has 1 fully saturated rings. The summed E-state index contributed by atoms with van der Waals surface area (Å²) in [6, 6.07) is 6.40. The van der Waals surface area contributed by atoms with Crippen molar-refractivity contribution in [2.45, 2.75) is 13.3 Å². The summed E-state index contributed by atoms with van der Waals surface area (Å²) in [4.78, 5) is 2.38. The molecule has 1 saturated heterocycles. The maximum atomic E-state index is 6.21. The Kier molecular flexibility index (Phi) is 3.49. The molecule has 1 heterocycles. The van der Waals surface area contributed by atoms with Gasteiger partial charge in [0.15, 0.2) is 0 Å². The second kappa shape index (κ2) is 4.86. The van der Waals surface area contributed by atoms with Gasteiger partial charge < -0.3 is 10.2 Å². The first-order chi connectivity index (χ1) is 7.31. The lowest BCUT2D eigenvalue weighted by Gasteiger charge is -2.29. The van der Waals surface area contributed by atoms with Crippen LogP contribution >= 0.6 is 11.6 Å². The van der Waals surface area contributed by atoms with E-state index in [9.17, 15) is 0 Å². The van der Waals surface area contributed by atoms with Crippen LogP contribution in [0.15, 0.2) is 18.2 Å². The van der Waals surface area contributed by atoms with Gasteiger partial charge in [0.05, 0.1) is 0 Å². The van der Waals surface area contributed by atoms with E-state index in [0.29, 0.717) is 0 Å². The van der Waals surface area contributed by atoms with Gasteiger partial charge in [0.25, 0.3) is 0 Å². The fourth-order valence-corrected chi connectivity index (χ4v) is 2.25. The predicted molar refractivity (Wildman–Crippen MR) is 65.9 cm³/mol. The highest BCUT2D eigenvalue weighted by Crippen LogP contribution is 2.24. The Morgan fingerprint density at radius 3 is 2.67 bits per heavy atom. The quantitative estimate of drug-likeness (QED) is 0.830. The van der Waals surface area contributed by atoms with Gasteiger partial charge in [0, 0.05) is 36.9 Å². The third-order valence-electron chi connectivity index (χ3n) is 2.90. The molecule has 1 N–H and O–H groups in total. The average Bonchev–Trinajstić information content (AvgIpc) is 2.30. The average molecular weight is 225 g/mol. The molecule has 2 rings (SSSR count). The molecule has 2 nitrogen and oxygen atoms in total. The van der Waals surface area contributed by atoms with Crippen LogP contribution < -0.4 is 10.2 Å². The molecule has 1 aliphatic heterocycles. The van der Waals surface area contributed by atoms with Gasteiger partial charge in [-0.05, 0) is 24.1 Å². The summed E-state index contributed by atoms with van der Waals surface area (Å²) >= 11 is 6.21. The molecule has 0 amide bonds. The molecule has 0 saturated carbocycles. The standard InChI is InChI=1S/C12H17ClN2/c1-2-10-3-4-11(9-12(10)13)15-7-5-14-6-8-15/h3-4,9,14H,2,5-8H2,1H3. The molecule has 0 atom stereocenters. The van der Waals surface area contributed by atoms with Crippen molar-refractivity contribution in [2.75, 3.05) is 31.1 Å². The van der Waals surface area contributed by atoms with Gasteiger partial charge in [0.2, 0.25) is 0 Å². The number of rotatable bonds is 2. The molecule has 3 heteroatoms. The summed E-state index contributed by atoms with van der Waals surface area (Å²) in [7, 11) is 0. The molecule has 0 aliphatic carbocycles. The molecule has 0 radical (unpaired) electrons. The third kappa shape index (κ3) is 2.44. The summed E-state index contributed by atoms with van der Waals surface area (Å²) < 4.78 is 0. The normalized spacial score (nSPS) is 16.8. The van der Waals surface area contributed by atoms with E-state index >= 15 is 0 Å². The highest BCUT2D eigenvalue weighted by molar-refractivity contribution is 6.31. The van der Waals surface area contributed by atoms with Gasteiger partial charge in [-0.1, -0.05) is 24.6 Å². The summed E-state index contributed by atoms with van der Waals surface area (Å²) in [5.41, 5.74) is 2.48. The Bertz CT molecular complexity index is 332. The van der Waals surface area contributed by atoms with Gasteiger partial charge in [-0.15, -0.1) is 0 Å². The molecular weight excluding hydrogens is 208 g/mol. The SMILES string of the molecule is CCc1ccc(N2CCNCC2)cc1Cl. The first-order valence-corrected chi connectivity index (χ1v) is 5.93. The second-order valence-corrected chi connectivity index (χ2v) is 4.27. The van der Waals surface area contributed by atoms with Crippen molar-refractivity contribution in [3.8, 4) is 0 Å². The molecule has 0 spiro atoms. The van der Waals surface area contributed by atoms with E-state index in [-0.39, 0.29) is 0 Å². The number of hydrogen-bond acceptors (Lipinski definition) is 2. The minimum Gasteiger partial charge on any atom is -0.369 e. The predicted octanol–water partition coefficient (Wildman–Crippen LogP) is 2.31. The molecule has 15 heavy (non-hydrogen) atoms. The summed E-state index contributed by atoms with van der Waals surface area (Å²) in [5, 5.41) is 4.24. The Balaban J connectivity index is 2.17. The molecule has 0 unspecified atom stereocenters. The smallest absolute Gasteiger partial charge is 0.0458 e. The Labute approximate surface area is 96.2 Å². The van der Waals surface area contributed by atoms with Crippen LogP contribution in [0.4, 0.5) is 5.69 Å². The Morgan fingerprint density at radius 1 is 1.33 bits per heavy atom. The maximum absolute atomic E-state index is 6.21. The molecule has 0 aromatic heterocycles. The highest BCUT2D eigenvalue weighted by atomic mass is 35.5. The number of nitrogens with zero attached hydrogens (tertiary/aromatic N) is 1. The molecule has 1 aromatic rings. The van der Waals surface area contributed by atoms with E-state index in [1.54, 1.807) is 0 Å². The first kappa shape index (κ1) is 10.8. The number of nitrogens with one attached hydrogen (secondary N) is 1. The topological polar surface area (TPSA) is 15.3 Å². The van der Waals surface area contributed by atoms with Gasteiger partial charge in [-0.2, -0.15) is 0 Å². The molecule has 1 aliphatic rings. The van der Waals surface area contributed by atoms with Crippen molar-refractivity contribution >= 4 is 17.3 Å². The molecule has 0 bridgehead atoms. The zero-order valence-corrected chi connectivity index (χ0v) is 9.85. The first-order valence-electron chi connectivity index (χ1n) is 5.55. The van der Waals surface area contributed by atoms with Crippen molar-refractivity contribution in [3.63, 3.8) is 0 Å². The van der Waals surface area contributed by atoms with E-state index in [4.69, 9.17) is 11.6 Å². The van der Waals surface area contributed by atoms with Crippen LogP contribution in [0.5, 0.6) is 0 Å². The van der Waals surface area contributed by atoms with Crippen LogP contribution in [0.1, 0.15) is 12.5 Å². The lowest BCUT2D eigenvalue weighted by molar-refractivity contribution is 0.589. The van der Waals surface area contributed by atoms with Gasteiger partial charge in [0.1, 0.15) is 0 Å². The van der Waals surface area contributed by atoms with Crippen LogP contribution in [-0.2, 0) is 6.42 Å². The van der Waals surface area contributed by atoms with Crippen molar-refractivity contribution < 1.29 is 0 Å². The Hall–Kier alpha value is -0.730. The van der Waals surface area contributed by atoms with Gasteiger partial charge in [-0.25, -0.2) is 0 Å². The fourth-order valence-electron chi connectivity index (χ4n) is 1.94. The largest absolute Gasteiger partial charge is 0.369 e. The van der Waals surface area contributed by atoms with E-state index in [1.807, 2.05) is 0 Å². The van der Waals surface area contributed by atoms with E-state index in [2.05, 4.69) is 35.3 Å². The monoisotopic (exact) mass is 224 g/mol. The summed E-state index contributed by atoms with van der Waals surface area (Å²) in [6.45, 7) is 6.40. The van der Waals surface area contributed by atoms with Crippen LogP contribution in [-0.4, -0.2) is 26.2 Å². The number of aryl methyl sites for hydroxylation is 1. The summed E-state index contributed by atoms with van der Waals surface area (Å²) in [5.74, 6) is 0. The minimum atomic E-state index is 0.897. The van der Waals surface area contributed by atoms with Crippen LogP contribution in [0.2, 0.25) is 5.02 Å². The summed E-state index contributed by atoms with van der Waals surface area (Å²) in [6.07, 6.45) is 1.00. The second-order valence-electron chi connectivity index (χ2n) is 3.87. The number of benzene rings is 1. The number of piperazine rings is 1. The van der Waals surface area contributed by atoms with Crippen molar-refractivity contribution in [1.82, 2.24) is 5.32 Å². The highest BCUT2D eigenvalue weighted by Gasteiger charge is 2.11. The van der Waals surface area contributed by atoms with E-state index < -0.39 is 0 Å². The van der Waals surface area contributed by atoms with E-state index in [1.165, 1.54) is 11.3 Å². The van der Waals surface area contributed by atoms with Crippen LogP contribution in [0, 0.1) is 0 Å². The van der Waals surface area contributed by atoms with Gasteiger partial charge in [-0.3, -0.25) is 0 Å². The number of halogens is 1. The lowest BCUT2D eigenvalue weighted by Crippen LogP contribution is -2.43. The third-order valence-corrected chi connectivity index (χ3v) is 3.25. The maximum Gasteiger partial charge on any atom is 0.0458 e. The van der Waals surface area contributed by atoms with E-state index in [0.717, 1.165) is 37.6 Å².